The number of aliphatic hydroxyl groups excluding tert-OH is 4. The van der Waals surface area contributed by atoms with Crippen LogP contribution >= 0.6 is 0 Å². The van der Waals surface area contributed by atoms with Gasteiger partial charge in [0.25, 0.3) is 5.56 Å². The van der Waals surface area contributed by atoms with E-state index in [1.807, 2.05) is 6.92 Å². The highest BCUT2D eigenvalue weighted by molar-refractivity contribution is 5.65. The molecule has 2 heterocycles. The summed E-state index contributed by atoms with van der Waals surface area (Å²) in [5, 5.41) is 40.0. The number of benzene rings is 1. The summed E-state index contributed by atoms with van der Waals surface area (Å²) in [6.07, 6.45) is -5.58. The van der Waals surface area contributed by atoms with E-state index in [-0.39, 0.29) is 5.56 Å². The van der Waals surface area contributed by atoms with Gasteiger partial charge in [-0.05, 0) is 38.0 Å². The Hall–Kier alpha value is -2.30. The Morgan fingerprint density at radius 3 is 2.53 bits per heavy atom. The van der Waals surface area contributed by atoms with Crippen LogP contribution in [0.15, 0.2) is 23.0 Å². The van der Waals surface area contributed by atoms with E-state index in [2.05, 4.69) is 9.97 Å². The Morgan fingerprint density at radius 1 is 1.17 bits per heavy atom. The van der Waals surface area contributed by atoms with Gasteiger partial charge in [-0.15, -0.1) is 0 Å². The van der Waals surface area contributed by atoms with E-state index in [9.17, 15) is 25.2 Å². The van der Waals surface area contributed by atoms with E-state index in [1.165, 1.54) is 0 Å². The Bertz CT molecular complexity index is 943. The normalized spacial score (nSPS) is 26.6. The number of ether oxygens (including phenoxy) is 2. The van der Waals surface area contributed by atoms with Gasteiger partial charge in [0.2, 0.25) is 0 Å². The van der Waals surface area contributed by atoms with Crippen molar-refractivity contribution in [3.8, 4) is 17.1 Å². The van der Waals surface area contributed by atoms with Gasteiger partial charge in [-0.3, -0.25) is 4.79 Å². The third-order valence-corrected chi connectivity index (χ3v) is 5.34. The quantitative estimate of drug-likeness (QED) is 0.450. The first kappa shape index (κ1) is 22.4. The zero-order valence-corrected chi connectivity index (χ0v) is 17.2. The lowest BCUT2D eigenvalue weighted by Crippen LogP contribution is -2.55. The van der Waals surface area contributed by atoms with Crippen LogP contribution < -0.4 is 10.3 Å². The van der Waals surface area contributed by atoms with Crippen LogP contribution in [0.1, 0.15) is 36.3 Å². The van der Waals surface area contributed by atoms with E-state index < -0.39 is 37.1 Å². The average Bonchev–Trinajstić information content (AvgIpc) is 2.74. The summed E-state index contributed by atoms with van der Waals surface area (Å²) in [4.78, 5) is 19.5. The van der Waals surface area contributed by atoms with Crippen LogP contribution in [0.4, 0.5) is 0 Å². The molecule has 30 heavy (non-hydrogen) atoms. The second kappa shape index (κ2) is 9.23. The van der Waals surface area contributed by atoms with Gasteiger partial charge in [0.15, 0.2) is 0 Å². The number of aryl methyl sites for hydroxylation is 1. The number of hydrogen-bond acceptors (Lipinski definition) is 8. The predicted octanol–water partition coefficient (Wildman–Crippen LogP) is 0.357. The third kappa shape index (κ3) is 4.26. The van der Waals surface area contributed by atoms with Crippen molar-refractivity contribution in [2.45, 2.75) is 57.7 Å². The lowest BCUT2D eigenvalue weighted by molar-refractivity contribution is -0.231. The first-order valence-corrected chi connectivity index (χ1v) is 9.93. The molecule has 1 aromatic heterocycles. The first-order valence-electron chi connectivity index (χ1n) is 9.93. The number of H-pyrrole nitrogens is 1. The molecule has 5 N–H and O–H groups in total. The summed E-state index contributed by atoms with van der Waals surface area (Å²) >= 11 is 0. The number of aromatic amines is 1. The molecule has 5 atom stereocenters. The monoisotopic (exact) mass is 420 g/mol. The van der Waals surface area contributed by atoms with E-state index in [4.69, 9.17) is 9.47 Å². The third-order valence-electron chi connectivity index (χ3n) is 5.34. The molecule has 9 heteroatoms. The van der Waals surface area contributed by atoms with Crippen molar-refractivity contribution in [3.05, 3.63) is 45.4 Å². The molecule has 1 fully saturated rings. The van der Waals surface area contributed by atoms with Crippen molar-refractivity contribution < 1.29 is 29.9 Å². The van der Waals surface area contributed by atoms with Crippen molar-refractivity contribution in [2.24, 2.45) is 0 Å². The van der Waals surface area contributed by atoms with Crippen LogP contribution in [0, 0.1) is 13.8 Å². The second-order valence-electron chi connectivity index (χ2n) is 7.48. The van der Waals surface area contributed by atoms with Gasteiger partial charge in [0, 0.05) is 11.3 Å². The van der Waals surface area contributed by atoms with Crippen LogP contribution in [-0.2, 0) is 4.74 Å². The summed E-state index contributed by atoms with van der Waals surface area (Å²) in [6.45, 7) is 5.34. The lowest BCUT2D eigenvalue weighted by atomic mass is 9.90. The van der Waals surface area contributed by atoms with Gasteiger partial charge in [-0.1, -0.05) is 13.0 Å². The van der Waals surface area contributed by atoms with Crippen molar-refractivity contribution in [2.75, 3.05) is 13.2 Å². The molecule has 0 aliphatic carbocycles. The minimum absolute atomic E-state index is 0.266. The Kier molecular flexibility index (Phi) is 6.89. The Balaban J connectivity index is 2.08. The first-order chi connectivity index (χ1) is 14.3. The molecule has 164 valence electrons. The molecule has 0 saturated carbocycles. The smallest absolute Gasteiger partial charge is 0.254 e. The van der Waals surface area contributed by atoms with Gasteiger partial charge in [-0.2, -0.15) is 0 Å². The topological polar surface area (TPSA) is 145 Å². The van der Waals surface area contributed by atoms with E-state index in [0.29, 0.717) is 40.6 Å². The highest BCUT2D eigenvalue weighted by Gasteiger charge is 2.44. The maximum absolute atomic E-state index is 12.3. The summed E-state index contributed by atoms with van der Waals surface area (Å²) < 4.78 is 11.5. The van der Waals surface area contributed by atoms with Crippen molar-refractivity contribution in [3.63, 3.8) is 0 Å². The lowest BCUT2D eigenvalue weighted by Gasteiger charge is -2.40. The van der Waals surface area contributed by atoms with Crippen LogP contribution in [0.25, 0.3) is 11.4 Å². The van der Waals surface area contributed by atoms with Crippen molar-refractivity contribution in [1.29, 1.82) is 0 Å². The van der Waals surface area contributed by atoms with Crippen molar-refractivity contribution >= 4 is 0 Å². The predicted molar refractivity (Wildman–Crippen MR) is 108 cm³/mol. The summed E-state index contributed by atoms with van der Waals surface area (Å²) in [7, 11) is 0. The highest BCUT2D eigenvalue weighted by atomic mass is 16.5. The minimum atomic E-state index is -1.49. The van der Waals surface area contributed by atoms with E-state index >= 15 is 0 Å². The highest BCUT2D eigenvalue weighted by Crippen LogP contribution is 2.37. The summed E-state index contributed by atoms with van der Waals surface area (Å²) in [5.74, 6) is 0.803. The number of aliphatic hydroxyl groups is 4. The summed E-state index contributed by atoms with van der Waals surface area (Å²) in [6, 6.07) is 5.00. The maximum atomic E-state index is 12.3. The molecule has 0 bridgehead atoms. The van der Waals surface area contributed by atoms with Crippen LogP contribution in [0.3, 0.4) is 0 Å². The average molecular weight is 420 g/mol. The van der Waals surface area contributed by atoms with Gasteiger partial charge in [0.05, 0.1) is 18.8 Å². The fourth-order valence-electron chi connectivity index (χ4n) is 3.40. The number of hydrogen-bond donors (Lipinski definition) is 5. The molecular formula is C21H28N2O7. The molecule has 1 saturated heterocycles. The molecule has 5 unspecified atom stereocenters. The molecule has 9 nitrogen and oxygen atoms in total. The number of nitrogens with one attached hydrogen (secondary N) is 1. The molecule has 2 aromatic rings. The molecular weight excluding hydrogens is 392 g/mol. The van der Waals surface area contributed by atoms with Gasteiger partial charge >= 0.3 is 0 Å². The fraction of sp³-hybridized carbons (Fsp3) is 0.524. The Morgan fingerprint density at radius 2 is 1.90 bits per heavy atom. The molecule has 3 rings (SSSR count). The van der Waals surface area contributed by atoms with Crippen LogP contribution in [0.5, 0.6) is 5.75 Å². The van der Waals surface area contributed by atoms with Gasteiger partial charge in [0.1, 0.15) is 42.1 Å². The van der Waals surface area contributed by atoms with Gasteiger partial charge < -0.3 is 34.9 Å². The maximum Gasteiger partial charge on any atom is 0.254 e. The molecule has 1 aromatic carbocycles. The van der Waals surface area contributed by atoms with Crippen LogP contribution in [0.2, 0.25) is 0 Å². The fourth-order valence-corrected chi connectivity index (χ4v) is 3.40. The molecule has 1 aliphatic rings. The molecule has 0 amide bonds. The molecule has 1 aliphatic heterocycles. The SMILES string of the molecule is CCCOc1ccc(C2OC(CO)C(O)C(O)C2O)cc1-c1nc(C)c(C)c(=O)[nH]1. The zero-order valence-electron chi connectivity index (χ0n) is 17.2. The van der Waals surface area contributed by atoms with Crippen LogP contribution in [-0.4, -0.2) is 68.0 Å². The number of aromatic nitrogens is 2. The molecule has 0 radical (unpaired) electrons. The zero-order chi connectivity index (χ0) is 22.0. The second-order valence-corrected chi connectivity index (χ2v) is 7.48. The molecule has 0 spiro atoms. The summed E-state index contributed by atoms with van der Waals surface area (Å²) in [5.41, 5.74) is 1.80. The minimum Gasteiger partial charge on any atom is -0.493 e. The van der Waals surface area contributed by atoms with Gasteiger partial charge in [-0.25, -0.2) is 4.98 Å². The van der Waals surface area contributed by atoms with E-state index in [1.54, 1.807) is 32.0 Å². The van der Waals surface area contributed by atoms with E-state index in [0.717, 1.165) is 6.42 Å². The number of nitrogens with zero attached hydrogens (tertiary/aromatic N) is 1. The Labute approximate surface area is 174 Å². The standard InChI is InChI=1S/C21H28N2O7/c1-4-7-29-14-6-5-12(19-18(27)17(26)16(25)15(9-24)30-19)8-13(14)20-22-11(3)10(2)21(28)23-20/h5-6,8,15-19,24-27H,4,7,9H2,1-3H3,(H,22,23,28). The van der Waals surface area contributed by atoms with Crippen molar-refractivity contribution in [1.82, 2.24) is 9.97 Å². The largest absolute Gasteiger partial charge is 0.493 e. The number of rotatable bonds is 6.